The Kier molecular flexibility index (Phi) is 6.07. The Morgan fingerprint density at radius 3 is 2.71 bits per heavy atom. The van der Waals surface area contributed by atoms with Crippen molar-refractivity contribution in [3.63, 3.8) is 0 Å². The number of carbonyl (C=O) groups is 2. The van der Waals surface area contributed by atoms with E-state index < -0.39 is 5.41 Å². The van der Waals surface area contributed by atoms with Gasteiger partial charge in [-0.3, -0.25) is 9.59 Å². The molecule has 1 aromatic heterocycles. The lowest BCUT2D eigenvalue weighted by molar-refractivity contribution is -0.145. The van der Waals surface area contributed by atoms with E-state index in [0.29, 0.717) is 37.4 Å². The summed E-state index contributed by atoms with van der Waals surface area (Å²) in [5, 5.41) is 7.13. The summed E-state index contributed by atoms with van der Waals surface area (Å²) < 4.78 is 6.98. The number of hydrogen-bond acceptors (Lipinski definition) is 5. The first-order valence-corrected chi connectivity index (χ1v) is 9.96. The molecule has 0 bridgehead atoms. The number of amides is 2. The summed E-state index contributed by atoms with van der Waals surface area (Å²) >= 11 is 0. The van der Waals surface area contributed by atoms with Crippen LogP contribution in [-0.4, -0.2) is 59.3 Å². The number of carbonyl (C=O) groups excluding carboxylic acids is 2. The monoisotopic (exact) mass is 389 g/mol. The Morgan fingerprint density at radius 1 is 1.39 bits per heavy atom. The van der Waals surface area contributed by atoms with Gasteiger partial charge in [0.2, 0.25) is 5.91 Å². The molecule has 0 spiro atoms. The minimum atomic E-state index is -0.496. The molecule has 1 aliphatic heterocycles. The molecule has 1 atom stereocenters. The third-order valence-electron chi connectivity index (χ3n) is 5.76. The van der Waals surface area contributed by atoms with Crippen LogP contribution in [0.2, 0.25) is 0 Å². The van der Waals surface area contributed by atoms with Crippen molar-refractivity contribution >= 4 is 17.6 Å². The maximum atomic E-state index is 13.3. The fourth-order valence-electron chi connectivity index (χ4n) is 4.22. The summed E-state index contributed by atoms with van der Waals surface area (Å²) in [5.41, 5.74) is 5.93. The van der Waals surface area contributed by atoms with Crippen LogP contribution in [-0.2, 0) is 9.53 Å². The molecule has 1 aromatic rings. The van der Waals surface area contributed by atoms with Gasteiger partial charge in [0, 0.05) is 32.3 Å². The molecular formula is C20H31N5O3. The standard InChI is InChI=1S/C20H31N5O3/c1-14(2)25-17(21)16(12-23-25)18(26)22-11-15-7-6-10-24(15)19(27)20(13-28-3)8-4-5-9-20/h4-5,12,14-15H,6-11,13,21H2,1-3H3,(H,22,26)/t15-/m1/s1. The molecule has 2 heterocycles. The fraction of sp³-hybridized carbons (Fsp3) is 0.650. The molecule has 8 heteroatoms. The van der Waals surface area contributed by atoms with Crippen LogP contribution in [0.5, 0.6) is 0 Å². The number of nitrogens with one attached hydrogen (secondary N) is 1. The molecule has 1 saturated heterocycles. The van der Waals surface area contributed by atoms with Crippen LogP contribution in [0.4, 0.5) is 5.82 Å². The van der Waals surface area contributed by atoms with E-state index in [1.807, 2.05) is 18.7 Å². The van der Waals surface area contributed by atoms with Crippen molar-refractivity contribution in [1.82, 2.24) is 20.0 Å². The lowest BCUT2D eigenvalue weighted by Crippen LogP contribution is -2.50. The highest BCUT2D eigenvalue weighted by molar-refractivity contribution is 5.98. The average molecular weight is 390 g/mol. The average Bonchev–Trinajstić information content (AvgIpc) is 3.39. The van der Waals surface area contributed by atoms with Crippen molar-refractivity contribution < 1.29 is 14.3 Å². The zero-order chi connectivity index (χ0) is 20.3. The van der Waals surface area contributed by atoms with E-state index in [1.165, 1.54) is 6.20 Å². The Bertz CT molecular complexity index is 747. The van der Waals surface area contributed by atoms with Crippen molar-refractivity contribution in [2.24, 2.45) is 5.41 Å². The van der Waals surface area contributed by atoms with Crippen molar-refractivity contribution in [3.05, 3.63) is 23.9 Å². The van der Waals surface area contributed by atoms with Crippen molar-refractivity contribution in [1.29, 1.82) is 0 Å². The first-order chi connectivity index (χ1) is 13.4. The number of aromatic nitrogens is 2. The topological polar surface area (TPSA) is 102 Å². The quantitative estimate of drug-likeness (QED) is 0.692. The maximum absolute atomic E-state index is 13.3. The van der Waals surface area contributed by atoms with Gasteiger partial charge in [0.1, 0.15) is 11.4 Å². The molecule has 0 unspecified atom stereocenters. The normalized spacial score (nSPS) is 20.9. The van der Waals surface area contributed by atoms with E-state index >= 15 is 0 Å². The van der Waals surface area contributed by atoms with Crippen molar-refractivity contribution in [2.75, 3.05) is 32.5 Å². The number of likely N-dealkylation sites (tertiary alicyclic amines) is 1. The predicted molar refractivity (Wildman–Crippen MR) is 107 cm³/mol. The molecular weight excluding hydrogens is 358 g/mol. The van der Waals surface area contributed by atoms with Gasteiger partial charge in [-0.1, -0.05) is 12.2 Å². The molecule has 8 nitrogen and oxygen atoms in total. The number of anilines is 1. The van der Waals surface area contributed by atoms with Crippen LogP contribution >= 0.6 is 0 Å². The van der Waals surface area contributed by atoms with Gasteiger partial charge in [0.25, 0.3) is 5.91 Å². The molecule has 0 radical (unpaired) electrons. The third kappa shape index (κ3) is 3.78. The molecule has 0 saturated carbocycles. The summed E-state index contributed by atoms with van der Waals surface area (Å²) in [6.07, 6.45) is 8.84. The zero-order valence-corrected chi connectivity index (χ0v) is 17.0. The van der Waals surface area contributed by atoms with Gasteiger partial charge in [0.05, 0.1) is 18.2 Å². The van der Waals surface area contributed by atoms with E-state index in [1.54, 1.807) is 11.8 Å². The Morgan fingerprint density at radius 2 is 2.11 bits per heavy atom. The van der Waals surface area contributed by atoms with E-state index in [9.17, 15) is 9.59 Å². The SMILES string of the molecule is COCC1(C(=O)N2CCC[C@@H]2CNC(=O)c2cnn(C(C)C)c2N)CC=CC1. The van der Waals surface area contributed by atoms with Crippen LogP contribution in [0.25, 0.3) is 0 Å². The molecule has 154 valence electrons. The fourth-order valence-corrected chi connectivity index (χ4v) is 4.22. The molecule has 2 amide bonds. The van der Waals surface area contributed by atoms with Gasteiger partial charge in [-0.2, -0.15) is 5.10 Å². The van der Waals surface area contributed by atoms with Crippen LogP contribution in [0.3, 0.4) is 0 Å². The molecule has 2 aliphatic rings. The van der Waals surface area contributed by atoms with Gasteiger partial charge < -0.3 is 20.7 Å². The van der Waals surface area contributed by atoms with E-state index in [2.05, 4.69) is 22.6 Å². The Labute approximate surface area is 166 Å². The summed E-state index contributed by atoms with van der Waals surface area (Å²) in [7, 11) is 1.64. The summed E-state index contributed by atoms with van der Waals surface area (Å²) in [6.45, 7) is 5.46. The van der Waals surface area contributed by atoms with Crippen LogP contribution in [0.1, 0.15) is 55.9 Å². The summed E-state index contributed by atoms with van der Waals surface area (Å²) in [6, 6.07) is 0.0774. The van der Waals surface area contributed by atoms with E-state index in [0.717, 1.165) is 19.4 Å². The molecule has 3 N–H and O–H groups in total. The first kappa shape index (κ1) is 20.4. The number of rotatable bonds is 7. The second-order valence-corrected chi connectivity index (χ2v) is 8.08. The number of ether oxygens (including phenoxy) is 1. The Hall–Kier alpha value is -2.35. The van der Waals surface area contributed by atoms with Crippen LogP contribution in [0.15, 0.2) is 18.3 Å². The predicted octanol–water partition coefficient (Wildman–Crippen LogP) is 1.75. The number of hydrogen-bond donors (Lipinski definition) is 2. The van der Waals surface area contributed by atoms with Gasteiger partial charge in [-0.25, -0.2) is 4.68 Å². The van der Waals surface area contributed by atoms with Gasteiger partial charge >= 0.3 is 0 Å². The van der Waals surface area contributed by atoms with Gasteiger partial charge in [-0.15, -0.1) is 0 Å². The van der Waals surface area contributed by atoms with Gasteiger partial charge in [-0.05, 0) is 39.5 Å². The number of nitrogen functional groups attached to an aromatic ring is 1. The highest BCUT2D eigenvalue weighted by Crippen LogP contribution is 2.37. The zero-order valence-electron chi connectivity index (χ0n) is 17.0. The Balaban J connectivity index is 1.64. The number of nitrogens with two attached hydrogens (primary N) is 1. The lowest BCUT2D eigenvalue weighted by atomic mass is 9.84. The highest BCUT2D eigenvalue weighted by atomic mass is 16.5. The van der Waals surface area contributed by atoms with Gasteiger partial charge in [0.15, 0.2) is 0 Å². The van der Waals surface area contributed by atoms with Crippen molar-refractivity contribution in [2.45, 2.75) is 51.6 Å². The third-order valence-corrected chi connectivity index (χ3v) is 5.76. The smallest absolute Gasteiger partial charge is 0.256 e. The molecule has 0 aromatic carbocycles. The minimum Gasteiger partial charge on any atom is -0.384 e. The van der Waals surface area contributed by atoms with Crippen LogP contribution in [0, 0.1) is 5.41 Å². The summed E-state index contributed by atoms with van der Waals surface area (Å²) in [4.78, 5) is 27.8. The summed E-state index contributed by atoms with van der Waals surface area (Å²) in [5.74, 6) is 0.240. The maximum Gasteiger partial charge on any atom is 0.256 e. The molecule has 1 fully saturated rings. The van der Waals surface area contributed by atoms with Crippen LogP contribution < -0.4 is 11.1 Å². The van der Waals surface area contributed by atoms with E-state index in [4.69, 9.17) is 10.5 Å². The lowest BCUT2D eigenvalue weighted by Gasteiger charge is -2.35. The highest BCUT2D eigenvalue weighted by Gasteiger charge is 2.44. The first-order valence-electron chi connectivity index (χ1n) is 9.96. The molecule has 28 heavy (non-hydrogen) atoms. The van der Waals surface area contributed by atoms with Crippen molar-refractivity contribution in [3.8, 4) is 0 Å². The van der Waals surface area contributed by atoms with E-state index in [-0.39, 0.29) is 23.9 Å². The number of methoxy groups -OCH3 is 1. The largest absolute Gasteiger partial charge is 0.384 e. The number of nitrogens with zero attached hydrogens (tertiary/aromatic N) is 3. The minimum absolute atomic E-state index is 0.00727. The second kappa shape index (κ2) is 8.34. The number of allylic oxidation sites excluding steroid dienone is 2. The molecule has 3 rings (SSSR count). The second-order valence-electron chi connectivity index (χ2n) is 8.08. The molecule has 1 aliphatic carbocycles.